The first-order valence-corrected chi connectivity index (χ1v) is 5.10. The number of carbonyl (C=O) groups excluding carboxylic acids is 1. The lowest BCUT2D eigenvalue weighted by atomic mass is 10.2. The van der Waals surface area contributed by atoms with Gasteiger partial charge in [0.05, 0.1) is 12.2 Å². The van der Waals surface area contributed by atoms with Crippen molar-refractivity contribution >= 4 is 5.91 Å². The Labute approximate surface area is 97.3 Å². The number of H-pyrrole nitrogens is 1. The van der Waals surface area contributed by atoms with Crippen LogP contribution in [0, 0.1) is 0 Å². The third kappa shape index (κ3) is 2.41. The predicted molar refractivity (Wildman–Crippen MR) is 61.4 cm³/mol. The third-order valence-electron chi connectivity index (χ3n) is 2.42. The summed E-state index contributed by atoms with van der Waals surface area (Å²) in [6.45, 7) is 0.337. The Kier molecular flexibility index (Phi) is 3.04. The normalized spacial score (nSPS) is 10.2. The summed E-state index contributed by atoms with van der Waals surface area (Å²) in [7, 11) is 1.79. The molecule has 0 bridgehead atoms. The molecule has 0 fully saturated rings. The van der Waals surface area contributed by atoms with Crippen LogP contribution in [0.5, 0.6) is 0 Å². The van der Waals surface area contributed by atoms with E-state index in [1.807, 2.05) is 0 Å². The number of carbonyl (C=O) groups is 1. The number of nitrogens with one attached hydrogen (secondary N) is 2. The zero-order valence-corrected chi connectivity index (χ0v) is 9.30. The zero-order chi connectivity index (χ0) is 12.3. The van der Waals surface area contributed by atoms with Crippen molar-refractivity contribution in [2.75, 3.05) is 0 Å². The van der Waals surface area contributed by atoms with E-state index in [9.17, 15) is 9.59 Å². The molecule has 1 amide bonds. The highest BCUT2D eigenvalue weighted by atomic mass is 16.2. The summed E-state index contributed by atoms with van der Waals surface area (Å²) in [5.74, 6) is -0.395. The van der Waals surface area contributed by atoms with E-state index in [0.717, 1.165) is 5.69 Å². The molecular formula is C11H12N4O2. The summed E-state index contributed by atoms with van der Waals surface area (Å²) < 4.78 is 1.66. The van der Waals surface area contributed by atoms with Gasteiger partial charge in [0.2, 0.25) is 0 Å². The van der Waals surface area contributed by atoms with Gasteiger partial charge in [-0.1, -0.05) is 0 Å². The number of aromatic amines is 1. The van der Waals surface area contributed by atoms with E-state index in [1.54, 1.807) is 24.0 Å². The van der Waals surface area contributed by atoms with Crippen LogP contribution in [0.4, 0.5) is 0 Å². The maximum absolute atomic E-state index is 11.7. The standard InChI is InChI=1S/C11H12N4O2/c1-15-8(2-5-14-15)6-13-11(17)9-7-12-4-3-10(9)16/h2-5,7H,6H2,1H3,(H,12,16)(H,13,17). The fourth-order valence-electron chi connectivity index (χ4n) is 1.43. The SMILES string of the molecule is Cn1nccc1CNC(=O)c1c[nH]ccc1=O. The number of aryl methyl sites for hydroxylation is 1. The number of rotatable bonds is 3. The highest BCUT2D eigenvalue weighted by Gasteiger charge is 2.09. The van der Waals surface area contributed by atoms with E-state index in [2.05, 4.69) is 15.4 Å². The van der Waals surface area contributed by atoms with Gasteiger partial charge in [-0.05, 0) is 6.07 Å². The van der Waals surface area contributed by atoms with Crippen molar-refractivity contribution in [3.05, 3.63) is 52.2 Å². The summed E-state index contributed by atoms with van der Waals surface area (Å²) in [6.07, 6.45) is 4.53. The summed E-state index contributed by atoms with van der Waals surface area (Å²) in [4.78, 5) is 25.8. The molecule has 0 unspecified atom stereocenters. The van der Waals surface area contributed by atoms with E-state index in [0.29, 0.717) is 6.54 Å². The Morgan fingerprint density at radius 2 is 2.35 bits per heavy atom. The number of pyridine rings is 1. The largest absolute Gasteiger partial charge is 0.367 e. The van der Waals surface area contributed by atoms with Gasteiger partial charge in [0.1, 0.15) is 5.56 Å². The van der Waals surface area contributed by atoms with Crippen LogP contribution in [0.1, 0.15) is 16.1 Å². The van der Waals surface area contributed by atoms with Gasteiger partial charge in [-0.15, -0.1) is 0 Å². The van der Waals surface area contributed by atoms with Crippen LogP contribution in [0.3, 0.4) is 0 Å². The Bertz CT molecular complexity index is 585. The van der Waals surface area contributed by atoms with Crippen molar-refractivity contribution in [3.63, 3.8) is 0 Å². The van der Waals surface area contributed by atoms with Gasteiger partial charge in [-0.2, -0.15) is 5.10 Å². The first-order valence-electron chi connectivity index (χ1n) is 5.10. The molecule has 0 aromatic carbocycles. The van der Waals surface area contributed by atoms with Crippen molar-refractivity contribution in [3.8, 4) is 0 Å². The molecule has 88 valence electrons. The van der Waals surface area contributed by atoms with Gasteiger partial charge in [0, 0.05) is 31.7 Å². The number of hydrogen-bond donors (Lipinski definition) is 2. The Balaban J connectivity index is 2.06. The van der Waals surface area contributed by atoms with E-state index < -0.39 is 5.91 Å². The van der Waals surface area contributed by atoms with E-state index in [1.165, 1.54) is 18.5 Å². The fraction of sp³-hybridized carbons (Fsp3) is 0.182. The molecule has 0 aliphatic carbocycles. The van der Waals surface area contributed by atoms with Crippen molar-refractivity contribution in [1.82, 2.24) is 20.1 Å². The maximum Gasteiger partial charge on any atom is 0.257 e. The molecule has 0 aliphatic rings. The molecule has 2 rings (SSSR count). The predicted octanol–water partition coefficient (Wildman–Crippen LogP) is 0.0384. The quantitative estimate of drug-likeness (QED) is 0.784. The third-order valence-corrected chi connectivity index (χ3v) is 2.42. The molecule has 0 radical (unpaired) electrons. The minimum Gasteiger partial charge on any atom is -0.367 e. The van der Waals surface area contributed by atoms with Crippen LogP contribution >= 0.6 is 0 Å². The van der Waals surface area contributed by atoms with Crippen molar-refractivity contribution < 1.29 is 4.79 Å². The van der Waals surface area contributed by atoms with Crippen LogP contribution in [0.25, 0.3) is 0 Å². The lowest BCUT2D eigenvalue weighted by molar-refractivity contribution is 0.0948. The lowest BCUT2D eigenvalue weighted by Gasteiger charge is -2.04. The Morgan fingerprint density at radius 1 is 1.53 bits per heavy atom. The van der Waals surface area contributed by atoms with Crippen LogP contribution in [0.2, 0.25) is 0 Å². The second-order valence-electron chi connectivity index (χ2n) is 3.55. The average molecular weight is 232 g/mol. The summed E-state index contributed by atoms with van der Waals surface area (Å²) in [6, 6.07) is 3.12. The summed E-state index contributed by atoms with van der Waals surface area (Å²) in [5, 5.41) is 6.65. The topological polar surface area (TPSA) is 79.8 Å². The second-order valence-corrected chi connectivity index (χ2v) is 3.55. The smallest absolute Gasteiger partial charge is 0.257 e. The number of amides is 1. The molecule has 0 atom stereocenters. The molecule has 6 nitrogen and oxygen atoms in total. The Hall–Kier alpha value is -2.37. The molecular weight excluding hydrogens is 220 g/mol. The number of nitrogens with zero attached hydrogens (tertiary/aromatic N) is 2. The second kappa shape index (κ2) is 4.65. The monoisotopic (exact) mass is 232 g/mol. The van der Waals surface area contributed by atoms with E-state index in [4.69, 9.17) is 0 Å². The van der Waals surface area contributed by atoms with Crippen LogP contribution < -0.4 is 10.7 Å². The van der Waals surface area contributed by atoms with Crippen molar-refractivity contribution in [1.29, 1.82) is 0 Å². The molecule has 2 aromatic rings. The molecule has 2 N–H and O–H groups in total. The first kappa shape index (κ1) is 11.1. The maximum atomic E-state index is 11.7. The highest BCUT2D eigenvalue weighted by molar-refractivity contribution is 5.93. The van der Waals surface area contributed by atoms with Crippen LogP contribution in [-0.2, 0) is 13.6 Å². The lowest BCUT2D eigenvalue weighted by Crippen LogP contribution is -2.28. The van der Waals surface area contributed by atoms with Crippen molar-refractivity contribution in [2.24, 2.45) is 7.05 Å². The van der Waals surface area contributed by atoms with Crippen LogP contribution in [-0.4, -0.2) is 20.7 Å². The highest BCUT2D eigenvalue weighted by Crippen LogP contribution is 1.96. The van der Waals surface area contributed by atoms with Gasteiger partial charge in [0.15, 0.2) is 5.43 Å². The van der Waals surface area contributed by atoms with Crippen molar-refractivity contribution in [2.45, 2.75) is 6.54 Å². The molecule has 6 heteroatoms. The van der Waals surface area contributed by atoms with Gasteiger partial charge in [-0.3, -0.25) is 14.3 Å². The minimum atomic E-state index is -0.395. The molecule has 0 saturated heterocycles. The van der Waals surface area contributed by atoms with Gasteiger partial charge in [0.25, 0.3) is 5.91 Å². The summed E-state index contributed by atoms with van der Waals surface area (Å²) in [5.41, 5.74) is 0.673. The number of aromatic nitrogens is 3. The number of hydrogen-bond acceptors (Lipinski definition) is 3. The first-order chi connectivity index (χ1) is 8.18. The molecule has 2 heterocycles. The molecule has 17 heavy (non-hydrogen) atoms. The molecule has 0 saturated carbocycles. The zero-order valence-electron chi connectivity index (χ0n) is 9.30. The van der Waals surface area contributed by atoms with Gasteiger partial charge < -0.3 is 10.3 Å². The fourth-order valence-corrected chi connectivity index (χ4v) is 1.43. The summed E-state index contributed by atoms with van der Waals surface area (Å²) >= 11 is 0. The van der Waals surface area contributed by atoms with E-state index >= 15 is 0 Å². The molecule has 0 spiro atoms. The van der Waals surface area contributed by atoms with E-state index in [-0.39, 0.29) is 11.0 Å². The molecule has 0 aliphatic heterocycles. The average Bonchev–Trinajstić information content (AvgIpc) is 2.72. The van der Waals surface area contributed by atoms with Crippen LogP contribution in [0.15, 0.2) is 35.5 Å². The molecule has 2 aromatic heterocycles. The van der Waals surface area contributed by atoms with Gasteiger partial charge >= 0.3 is 0 Å². The van der Waals surface area contributed by atoms with Gasteiger partial charge in [-0.25, -0.2) is 0 Å². The minimum absolute atomic E-state index is 0.106. The Morgan fingerprint density at radius 3 is 3.00 bits per heavy atom.